The number of nitrogens with one attached hydrogen (secondary N) is 2. The van der Waals surface area contributed by atoms with Crippen molar-refractivity contribution in [1.82, 2.24) is 5.32 Å². The van der Waals surface area contributed by atoms with Crippen molar-refractivity contribution in [3.8, 4) is 6.07 Å². The zero-order valence-electron chi connectivity index (χ0n) is 10.6. The number of benzene rings is 2. The number of rotatable bonds is 3. The van der Waals surface area contributed by atoms with Crippen molar-refractivity contribution in [2.75, 3.05) is 5.32 Å². The summed E-state index contributed by atoms with van der Waals surface area (Å²) < 4.78 is 0. The van der Waals surface area contributed by atoms with Crippen LogP contribution in [0.2, 0.25) is 5.02 Å². The standard InChI is InChI=1S/C15H12ClN3O/c16-13-7-3-1-6-12(13)10-18-15(20)19-14-8-4-2-5-11(14)9-17/h1-8H,10H2,(H2,18,19,20). The molecule has 4 nitrogen and oxygen atoms in total. The molecular weight excluding hydrogens is 274 g/mol. The molecule has 0 bridgehead atoms. The highest BCUT2D eigenvalue weighted by Gasteiger charge is 2.06. The molecule has 2 amide bonds. The molecule has 0 aromatic heterocycles. The number of anilines is 1. The lowest BCUT2D eigenvalue weighted by Gasteiger charge is -2.09. The van der Waals surface area contributed by atoms with Gasteiger partial charge in [-0.15, -0.1) is 0 Å². The van der Waals surface area contributed by atoms with E-state index >= 15 is 0 Å². The Labute approximate surface area is 122 Å². The molecule has 2 aromatic carbocycles. The minimum absolute atomic E-state index is 0.320. The van der Waals surface area contributed by atoms with Gasteiger partial charge in [-0.2, -0.15) is 5.26 Å². The topological polar surface area (TPSA) is 64.9 Å². The summed E-state index contributed by atoms with van der Waals surface area (Å²) in [4.78, 5) is 11.8. The third-order valence-corrected chi connectivity index (χ3v) is 3.06. The molecule has 0 aliphatic rings. The summed E-state index contributed by atoms with van der Waals surface area (Å²) in [6.07, 6.45) is 0. The minimum Gasteiger partial charge on any atom is -0.334 e. The average Bonchev–Trinajstić information content (AvgIpc) is 2.47. The van der Waals surface area contributed by atoms with Gasteiger partial charge in [0.25, 0.3) is 0 Å². The van der Waals surface area contributed by atoms with E-state index in [1.165, 1.54) is 0 Å². The van der Waals surface area contributed by atoms with Gasteiger partial charge >= 0.3 is 6.03 Å². The summed E-state index contributed by atoms with van der Waals surface area (Å²) in [7, 11) is 0. The predicted octanol–water partition coefficient (Wildman–Crippen LogP) is 3.53. The highest BCUT2D eigenvalue weighted by molar-refractivity contribution is 6.31. The molecule has 0 spiro atoms. The molecule has 0 heterocycles. The van der Waals surface area contributed by atoms with Crippen molar-refractivity contribution < 1.29 is 4.79 Å². The van der Waals surface area contributed by atoms with Crippen molar-refractivity contribution >= 4 is 23.3 Å². The Morgan fingerprint density at radius 3 is 2.60 bits per heavy atom. The number of carbonyl (C=O) groups is 1. The Bertz CT molecular complexity index is 664. The quantitative estimate of drug-likeness (QED) is 0.906. The highest BCUT2D eigenvalue weighted by atomic mass is 35.5. The number of hydrogen-bond acceptors (Lipinski definition) is 2. The van der Waals surface area contributed by atoms with Crippen molar-refractivity contribution in [1.29, 1.82) is 5.26 Å². The molecule has 2 N–H and O–H groups in total. The predicted molar refractivity (Wildman–Crippen MR) is 78.5 cm³/mol. The van der Waals surface area contributed by atoms with Crippen LogP contribution < -0.4 is 10.6 Å². The van der Waals surface area contributed by atoms with Crippen molar-refractivity contribution in [2.24, 2.45) is 0 Å². The summed E-state index contributed by atoms with van der Waals surface area (Å²) in [5, 5.41) is 14.9. The Kier molecular flexibility index (Phi) is 4.59. The average molecular weight is 286 g/mol. The minimum atomic E-state index is -0.382. The van der Waals surface area contributed by atoms with Gasteiger partial charge in [0.1, 0.15) is 6.07 Å². The second-order valence-corrected chi connectivity index (χ2v) is 4.46. The van der Waals surface area contributed by atoms with Crippen LogP contribution in [0.4, 0.5) is 10.5 Å². The van der Waals surface area contributed by atoms with Crippen LogP contribution >= 0.6 is 11.6 Å². The van der Waals surface area contributed by atoms with Gasteiger partial charge in [-0.1, -0.05) is 41.9 Å². The van der Waals surface area contributed by atoms with E-state index in [1.807, 2.05) is 24.3 Å². The van der Waals surface area contributed by atoms with Crippen LogP contribution in [0.1, 0.15) is 11.1 Å². The zero-order chi connectivity index (χ0) is 14.4. The summed E-state index contributed by atoms with van der Waals surface area (Å²) in [5.41, 5.74) is 1.73. The largest absolute Gasteiger partial charge is 0.334 e. The Morgan fingerprint density at radius 2 is 1.85 bits per heavy atom. The maximum atomic E-state index is 11.8. The summed E-state index contributed by atoms with van der Waals surface area (Å²) in [5.74, 6) is 0. The first-order valence-electron chi connectivity index (χ1n) is 5.98. The molecule has 2 rings (SSSR count). The summed E-state index contributed by atoms with van der Waals surface area (Å²) in [6.45, 7) is 0.320. The first kappa shape index (κ1) is 13.9. The fraction of sp³-hybridized carbons (Fsp3) is 0.0667. The molecule has 0 saturated carbocycles. The molecule has 20 heavy (non-hydrogen) atoms. The van der Waals surface area contributed by atoms with Gasteiger partial charge in [0.15, 0.2) is 0 Å². The number of halogens is 1. The van der Waals surface area contributed by atoms with Gasteiger partial charge in [0, 0.05) is 11.6 Å². The number of nitriles is 1. The SMILES string of the molecule is N#Cc1ccccc1NC(=O)NCc1ccccc1Cl. The van der Waals surface area contributed by atoms with Gasteiger partial charge in [-0.3, -0.25) is 0 Å². The van der Waals surface area contributed by atoms with Crippen LogP contribution in [-0.4, -0.2) is 6.03 Å². The van der Waals surface area contributed by atoms with Crippen LogP contribution in [0.25, 0.3) is 0 Å². The smallest absolute Gasteiger partial charge is 0.319 e. The molecule has 0 saturated heterocycles. The van der Waals surface area contributed by atoms with Gasteiger partial charge in [0.05, 0.1) is 11.3 Å². The zero-order valence-corrected chi connectivity index (χ0v) is 11.3. The lowest BCUT2D eigenvalue weighted by Crippen LogP contribution is -2.28. The van der Waals surface area contributed by atoms with Crippen LogP contribution in [0, 0.1) is 11.3 Å². The van der Waals surface area contributed by atoms with Gasteiger partial charge < -0.3 is 10.6 Å². The summed E-state index contributed by atoms with van der Waals surface area (Å²) in [6, 6.07) is 15.7. The molecule has 0 aliphatic carbocycles. The number of hydrogen-bond donors (Lipinski definition) is 2. The lowest BCUT2D eigenvalue weighted by atomic mass is 10.2. The molecule has 100 valence electrons. The molecule has 0 unspecified atom stereocenters. The lowest BCUT2D eigenvalue weighted by molar-refractivity contribution is 0.251. The van der Waals surface area contributed by atoms with E-state index in [-0.39, 0.29) is 6.03 Å². The Hall–Kier alpha value is -2.51. The number of urea groups is 1. The highest BCUT2D eigenvalue weighted by Crippen LogP contribution is 2.15. The molecule has 0 aliphatic heterocycles. The van der Waals surface area contributed by atoms with Crippen molar-refractivity contribution in [3.05, 3.63) is 64.7 Å². The van der Waals surface area contributed by atoms with E-state index in [0.29, 0.717) is 22.8 Å². The molecule has 5 heteroatoms. The Morgan fingerprint density at radius 1 is 1.15 bits per heavy atom. The van der Waals surface area contributed by atoms with Crippen molar-refractivity contribution in [2.45, 2.75) is 6.54 Å². The fourth-order valence-corrected chi connectivity index (χ4v) is 1.88. The monoisotopic (exact) mass is 285 g/mol. The van der Waals surface area contributed by atoms with Crippen LogP contribution in [-0.2, 0) is 6.54 Å². The van der Waals surface area contributed by atoms with Crippen LogP contribution in [0.15, 0.2) is 48.5 Å². The fourth-order valence-electron chi connectivity index (χ4n) is 1.67. The number of para-hydroxylation sites is 1. The van der Waals surface area contributed by atoms with E-state index in [1.54, 1.807) is 30.3 Å². The molecular formula is C15H12ClN3O. The first-order valence-corrected chi connectivity index (χ1v) is 6.36. The van der Waals surface area contributed by atoms with Crippen LogP contribution in [0.5, 0.6) is 0 Å². The van der Waals surface area contributed by atoms with Crippen LogP contribution in [0.3, 0.4) is 0 Å². The van der Waals surface area contributed by atoms with Crippen molar-refractivity contribution in [3.63, 3.8) is 0 Å². The van der Waals surface area contributed by atoms with Gasteiger partial charge in [-0.25, -0.2) is 4.79 Å². The number of amides is 2. The van der Waals surface area contributed by atoms with E-state index in [0.717, 1.165) is 5.56 Å². The van der Waals surface area contributed by atoms with E-state index in [2.05, 4.69) is 10.6 Å². The van der Waals surface area contributed by atoms with E-state index in [4.69, 9.17) is 16.9 Å². The molecule has 0 fully saturated rings. The Balaban J connectivity index is 1.97. The van der Waals surface area contributed by atoms with E-state index < -0.39 is 0 Å². The third kappa shape index (κ3) is 3.50. The number of nitrogens with zero attached hydrogens (tertiary/aromatic N) is 1. The summed E-state index contributed by atoms with van der Waals surface area (Å²) >= 11 is 6.00. The van der Waals surface area contributed by atoms with Gasteiger partial charge in [-0.05, 0) is 23.8 Å². The molecule has 0 radical (unpaired) electrons. The molecule has 0 atom stereocenters. The van der Waals surface area contributed by atoms with Gasteiger partial charge in [0.2, 0.25) is 0 Å². The maximum absolute atomic E-state index is 11.8. The van der Waals surface area contributed by atoms with E-state index in [9.17, 15) is 4.79 Å². The molecule has 2 aromatic rings. The maximum Gasteiger partial charge on any atom is 0.319 e. The third-order valence-electron chi connectivity index (χ3n) is 2.69. The number of carbonyl (C=O) groups excluding carboxylic acids is 1. The first-order chi connectivity index (χ1) is 9.70. The second kappa shape index (κ2) is 6.60. The normalized spacial score (nSPS) is 9.60. The second-order valence-electron chi connectivity index (χ2n) is 4.06.